The molecule has 0 aliphatic heterocycles. The Balaban J connectivity index is 2.68. The third-order valence-corrected chi connectivity index (χ3v) is 5.07. The maximum atomic E-state index is 11.5. The molecule has 0 aromatic heterocycles. The molecule has 1 rings (SSSR count). The molecule has 1 aromatic carbocycles. The van der Waals surface area contributed by atoms with Crippen molar-refractivity contribution in [2.45, 2.75) is 31.7 Å². The zero-order chi connectivity index (χ0) is 13.1. The molecule has 0 saturated carbocycles. The fourth-order valence-corrected chi connectivity index (χ4v) is 2.65. The molecule has 0 aliphatic rings. The van der Waals surface area contributed by atoms with Crippen LogP contribution in [-0.2, 0) is 16.4 Å². The highest BCUT2D eigenvalue weighted by Gasteiger charge is 2.25. The van der Waals surface area contributed by atoms with E-state index in [2.05, 4.69) is 4.90 Å². The number of hydrogen-bond acceptors (Lipinski definition) is 3. The van der Waals surface area contributed by atoms with Crippen LogP contribution in [0, 0.1) is 0 Å². The van der Waals surface area contributed by atoms with Gasteiger partial charge in [-0.25, -0.2) is 8.42 Å². The first kappa shape index (κ1) is 14.2. The summed E-state index contributed by atoms with van der Waals surface area (Å²) in [5.74, 6) is 0. The number of hydrogen-bond donors (Lipinski definition) is 0. The minimum absolute atomic E-state index is 0.00482. The minimum Gasteiger partial charge on any atom is -0.298 e. The van der Waals surface area contributed by atoms with Gasteiger partial charge in [0.1, 0.15) is 0 Å². The molecule has 0 aliphatic carbocycles. The molecule has 0 radical (unpaired) electrons. The van der Waals surface area contributed by atoms with Gasteiger partial charge in [0.25, 0.3) is 0 Å². The van der Waals surface area contributed by atoms with Crippen LogP contribution >= 0.6 is 0 Å². The summed E-state index contributed by atoms with van der Waals surface area (Å²) in [4.78, 5) is 2.07. The third kappa shape index (κ3) is 4.13. The monoisotopic (exact) mass is 255 g/mol. The summed E-state index contributed by atoms with van der Waals surface area (Å²) in [6.07, 6.45) is 1.30. The molecule has 0 bridgehead atoms. The van der Waals surface area contributed by atoms with Crippen molar-refractivity contribution in [2.24, 2.45) is 0 Å². The molecule has 0 amide bonds. The molecule has 1 aromatic rings. The van der Waals surface area contributed by atoms with Crippen LogP contribution < -0.4 is 0 Å². The molecule has 4 heteroatoms. The van der Waals surface area contributed by atoms with Crippen LogP contribution in [-0.4, -0.2) is 37.9 Å². The second kappa shape index (κ2) is 5.65. The lowest BCUT2D eigenvalue weighted by molar-refractivity contribution is 0.245. The number of rotatable bonds is 5. The lowest BCUT2D eigenvalue weighted by atomic mass is 10.1. The van der Waals surface area contributed by atoms with Crippen molar-refractivity contribution in [3.05, 3.63) is 35.9 Å². The Labute approximate surface area is 104 Å². The minimum atomic E-state index is -2.98. The van der Waals surface area contributed by atoms with E-state index in [0.717, 1.165) is 6.54 Å². The van der Waals surface area contributed by atoms with Crippen LogP contribution in [0.3, 0.4) is 0 Å². The Hall–Kier alpha value is -0.870. The van der Waals surface area contributed by atoms with Crippen LogP contribution in [0.2, 0.25) is 0 Å². The maximum Gasteiger partial charge on any atom is 0.151 e. The van der Waals surface area contributed by atoms with E-state index in [1.54, 1.807) is 6.92 Å². The van der Waals surface area contributed by atoms with Crippen molar-refractivity contribution < 1.29 is 8.42 Å². The van der Waals surface area contributed by atoms with Gasteiger partial charge in [0.2, 0.25) is 0 Å². The highest BCUT2D eigenvalue weighted by molar-refractivity contribution is 7.91. The van der Waals surface area contributed by atoms with Crippen LogP contribution in [0.5, 0.6) is 0 Å². The molecule has 0 unspecified atom stereocenters. The summed E-state index contributed by atoms with van der Waals surface area (Å²) < 4.78 is 23.0. The van der Waals surface area contributed by atoms with Crippen molar-refractivity contribution in [3.63, 3.8) is 0 Å². The van der Waals surface area contributed by atoms with E-state index >= 15 is 0 Å². The summed E-state index contributed by atoms with van der Waals surface area (Å²) in [6.45, 7) is 4.48. The number of nitrogens with zero attached hydrogens (tertiary/aromatic N) is 1. The van der Waals surface area contributed by atoms with Gasteiger partial charge in [0.05, 0.1) is 5.25 Å². The van der Waals surface area contributed by atoms with E-state index in [4.69, 9.17) is 0 Å². The Morgan fingerprint density at radius 1 is 1.18 bits per heavy atom. The average Bonchev–Trinajstić information content (AvgIpc) is 2.27. The summed E-state index contributed by atoms with van der Waals surface area (Å²) in [7, 11) is -1.02. The summed E-state index contributed by atoms with van der Waals surface area (Å²) in [5, 5.41) is -0.351. The van der Waals surface area contributed by atoms with Crippen molar-refractivity contribution in [1.82, 2.24) is 4.90 Å². The first-order chi connectivity index (χ1) is 7.82. The molecular weight excluding hydrogens is 234 g/mol. The highest BCUT2D eigenvalue weighted by atomic mass is 32.2. The second-order valence-electron chi connectivity index (χ2n) is 4.68. The first-order valence-corrected chi connectivity index (χ1v) is 7.71. The molecule has 0 spiro atoms. The van der Waals surface area contributed by atoms with Gasteiger partial charge in [-0.05, 0) is 26.5 Å². The summed E-state index contributed by atoms with van der Waals surface area (Å²) in [5.41, 5.74) is 1.20. The topological polar surface area (TPSA) is 37.4 Å². The average molecular weight is 255 g/mol. The van der Waals surface area contributed by atoms with Gasteiger partial charge in [-0.1, -0.05) is 30.3 Å². The predicted molar refractivity (Wildman–Crippen MR) is 71.7 cm³/mol. The van der Waals surface area contributed by atoms with Crippen molar-refractivity contribution in [3.8, 4) is 0 Å². The SMILES string of the molecule is C[C@H]([C@@H](C)S(C)(=O)=O)N(C)Cc1ccccc1. The van der Waals surface area contributed by atoms with Gasteiger partial charge in [-0.15, -0.1) is 0 Å². The Bertz CT molecular complexity index is 442. The lowest BCUT2D eigenvalue weighted by Gasteiger charge is -2.28. The van der Waals surface area contributed by atoms with Crippen LogP contribution in [0.4, 0.5) is 0 Å². The third-order valence-electron chi connectivity index (χ3n) is 3.32. The fourth-order valence-electron chi connectivity index (χ4n) is 1.73. The van der Waals surface area contributed by atoms with E-state index < -0.39 is 9.84 Å². The van der Waals surface area contributed by atoms with Gasteiger partial charge >= 0.3 is 0 Å². The molecule has 0 N–H and O–H groups in total. The zero-order valence-corrected chi connectivity index (χ0v) is 11.7. The molecule has 17 heavy (non-hydrogen) atoms. The quantitative estimate of drug-likeness (QED) is 0.807. The fraction of sp³-hybridized carbons (Fsp3) is 0.538. The van der Waals surface area contributed by atoms with Crippen molar-refractivity contribution in [2.75, 3.05) is 13.3 Å². The van der Waals surface area contributed by atoms with E-state index in [-0.39, 0.29) is 11.3 Å². The molecule has 0 fully saturated rings. The molecule has 96 valence electrons. The van der Waals surface area contributed by atoms with Gasteiger partial charge in [0.15, 0.2) is 9.84 Å². The van der Waals surface area contributed by atoms with Gasteiger partial charge in [-0.2, -0.15) is 0 Å². The molecule has 0 heterocycles. The highest BCUT2D eigenvalue weighted by Crippen LogP contribution is 2.13. The van der Waals surface area contributed by atoms with Gasteiger partial charge in [-0.3, -0.25) is 4.90 Å². The Kier molecular flexibility index (Phi) is 4.71. The van der Waals surface area contributed by atoms with E-state index in [1.807, 2.05) is 44.3 Å². The Morgan fingerprint density at radius 2 is 1.71 bits per heavy atom. The van der Waals surface area contributed by atoms with Crippen LogP contribution in [0.15, 0.2) is 30.3 Å². The van der Waals surface area contributed by atoms with E-state index in [1.165, 1.54) is 11.8 Å². The molecular formula is C13H21NO2S. The number of benzene rings is 1. The lowest BCUT2D eigenvalue weighted by Crippen LogP contribution is -2.40. The predicted octanol–water partition coefficient (Wildman–Crippen LogP) is 1.94. The summed E-state index contributed by atoms with van der Waals surface area (Å²) >= 11 is 0. The molecule has 2 atom stereocenters. The second-order valence-corrected chi connectivity index (χ2v) is 7.08. The molecule has 0 saturated heterocycles. The smallest absolute Gasteiger partial charge is 0.151 e. The van der Waals surface area contributed by atoms with Crippen LogP contribution in [0.1, 0.15) is 19.4 Å². The van der Waals surface area contributed by atoms with Gasteiger partial charge in [0, 0.05) is 18.8 Å². The van der Waals surface area contributed by atoms with Gasteiger partial charge < -0.3 is 0 Å². The zero-order valence-electron chi connectivity index (χ0n) is 10.9. The van der Waals surface area contributed by atoms with Crippen molar-refractivity contribution in [1.29, 1.82) is 0 Å². The number of sulfone groups is 1. The summed E-state index contributed by atoms with van der Waals surface area (Å²) in [6, 6.07) is 10.1. The Morgan fingerprint density at radius 3 is 2.18 bits per heavy atom. The van der Waals surface area contributed by atoms with E-state index in [0.29, 0.717) is 0 Å². The van der Waals surface area contributed by atoms with Crippen LogP contribution in [0.25, 0.3) is 0 Å². The van der Waals surface area contributed by atoms with E-state index in [9.17, 15) is 8.42 Å². The normalized spacial score (nSPS) is 15.8. The first-order valence-electron chi connectivity index (χ1n) is 5.75. The standard InChI is InChI=1S/C13H21NO2S/c1-11(12(2)17(4,15)16)14(3)10-13-8-6-5-7-9-13/h5-9,11-12H,10H2,1-4H3/t11-,12-/m1/s1. The largest absolute Gasteiger partial charge is 0.298 e. The van der Waals surface area contributed by atoms with Crippen molar-refractivity contribution >= 4 is 9.84 Å². The molecule has 3 nitrogen and oxygen atoms in total. The maximum absolute atomic E-state index is 11.5.